The zero-order chi connectivity index (χ0) is 33.6. The molecule has 0 amide bonds. The molecule has 5 aromatic rings. The predicted molar refractivity (Wildman–Crippen MR) is 180 cm³/mol. The van der Waals surface area contributed by atoms with E-state index in [1.807, 2.05) is 16.8 Å². The summed E-state index contributed by atoms with van der Waals surface area (Å²) in [5, 5.41) is 15.0. The lowest BCUT2D eigenvalue weighted by Gasteiger charge is -2.35. The van der Waals surface area contributed by atoms with Gasteiger partial charge in [-0.15, -0.1) is 11.3 Å². The van der Waals surface area contributed by atoms with Gasteiger partial charge in [0.25, 0.3) is 0 Å². The van der Waals surface area contributed by atoms with Crippen LogP contribution in [0, 0.1) is 23.0 Å². The highest BCUT2D eigenvalue weighted by Crippen LogP contribution is 2.51. The molecule has 0 bridgehead atoms. The second kappa shape index (κ2) is 11.4. The molecule has 4 aliphatic rings. The molecule has 49 heavy (non-hydrogen) atoms. The maximum absolute atomic E-state index is 17.3. The van der Waals surface area contributed by atoms with Crippen LogP contribution < -0.4 is 20.1 Å². The number of aryl methyl sites for hydroxylation is 1. The van der Waals surface area contributed by atoms with Gasteiger partial charge in [-0.3, -0.25) is 9.58 Å². The molecular weight excluding hydrogens is 677 g/mol. The van der Waals surface area contributed by atoms with E-state index in [0.29, 0.717) is 38.3 Å². The van der Waals surface area contributed by atoms with Crippen LogP contribution in [0.4, 0.5) is 24.0 Å². The first-order chi connectivity index (χ1) is 23.8. The van der Waals surface area contributed by atoms with Crippen LogP contribution in [0.25, 0.3) is 32.1 Å². The van der Waals surface area contributed by atoms with E-state index >= 15 is 8.78 Å². The number of benzene rings is 2. The van der Waals surface area contributed by atoms with Gasteiger partial charge in [-0.2, -0.15) is 20.3 Å². The van der Waals surface area contributed by atoms with Crippen molar-refractivity contribution in [2.24, 2.45) is 0 Å². The third-order valence-electron chi connectivity index (χ3n) is 10.6. The topological polar surface area (TPSA) is 118 Å². The molecule has 0 radical (unpaired) electrons. The summed E-state index contributed by atoms with van der Waals surface area (Å²) in [7, 11) is 0. The monoisotopic (exact) mass is 706 g/mol. The summed E-state index contributed by atoms with van der Waals surface area (Å²) < 4.78 is 61.8. The minimum atomic E-state index is -0.948. The van der Waals surface area contributed by atoms with Gasteiger partial charge in [0.05, 0.1) is 45.1 Å². The Morgan fingerprint density at radius 1 is 1.18 bits per heavy atom. The van der Waals surface area contributed by atoms with Crippen molar-refractivity contribution in [3.05, 3.63) is 52.3 Å². The van der Waals surface area contributed by atoms with E-state index in [1.165, 1.54) is 12.1 Å². The number of nitrogens with two attached hydrogens (primary N) is 1. The van der Waals surface area contributed by atoms with E-state index in [-0.39, 0.29) is 78.7 Å². The Bertz CT molecular complexity index is 2220. The second-order valence-electron chi connectivity index (χ2n) is 13.3. The fourth-order valence-corrected chi connectivity index (χ4v) is 9.59. The van der Waals surface area contributed by atoms with Gasteiger partial charge in [0.2, 0.25) is 0 Å². The Morgan fingerprint density at radius 3 is 2.92 bits per heavy atom. The summed E-state index contributed by atoms with van der Waals surface area (Å²) in [6.07, 6.45) is 4.23. The SMILES string of the molecule is N#Cc1c(N)sc2c(F)ccc(-c3c(Cl)c4c5c(nc(OC[C@@]67CCCN6C[C@H](F)C7)nc5c3F)N3Cc5ccnn5CCC3CCO4)c12. The fraction of sp³-hybridized carbons (Fsp3) is 0.412. The number of anilines is 2. The zero-order valence-corrected chi connectivity index (χ0v) is 27.8. The van der Waals surface area contributed by atoms with Crippen molar-refractivity contribution in [3.8, 4) is 29.0 Å². The van der Waals surface area contributed by atoms with Gasteiger partial charge in [0, 0.05) is 49.1 Å². The van der Waals surface area contributed by atoms with Crippen LogP contribution in [-0.4, -0.2) is 68.7 Å². The zero-order valence-electron chi connectivity index (χ0n) is 26.2. The molecule has 7 heterocycles. The van der Waals surface area contributed by atoms with Crippen LogP contribution in [0.1, 0.15) is 43.4 Å². The van der Waals surface area contributed by atoms with Crippen LogP contribution in [0.2, 0.25) is 5.02 Å². The Kier molecular flexibility index (Phi) is 7.12. The summed E-state index contributed by atoms with van der Waals surface area (Å²) in [5.41, 5.74) is 6.64. The summed E-state index contributed by atoms with van der Waals surface area (Å²) in [5.74, 6) is -0.806. The average molecular weight is 707 g/mol. The van der Waals surface area contributed by atoms with Gasteiger partial charge < -0.3 is 20.1 Å². The largest absolute Gasteiger partial charge is 0.491 e. The van der Waals surface area contributed by atoms with Crippen LogP contribution >= 0.6 is 22.9 Å². The van der Waals surface area contributed by atoms with Crippen molar-refractivity contribution in [3.63, 3.8) is 0 Å². The van der Waals surface area contributed by atoms with Gasteiger partial charge in [0.1, 0.15) is 41.0 Å². The summed E-state index contributed by atoms with van der Waals surface area (Å²) in [6, 6.07) is 6.51. The van der Waals surface area contributed by atoms with Gasteiger partial charge in [-0.25, -0.2) is 13.2 Å². The third kappa shape index (κ3) is 4.65. The number of nitrogen functional groups attached to an aromatic ring is 1. The van der Waals surface area contributed by atoms with E-state index < -0.39 is 23.3 Å². The molecule has 15 heteroatoms. The maximum Gasteiger partial charge on any atom is 0.319 e. The van der Waals surface area contributed by atoms with Crippen LogP contribution in [0.3, 0.4) is 0 Å². The van der Waals surface area contributed by atoms with Gasteiger partial charge in [0.15, 0.2) is 11.6 Å². The number of alkyl halides is 1. The third-order valence-corrected chi connectivity index (χ3v) is 12.0. The quantitative estimate of drug-likeness (QED) is 0.220. The van der Waals surface area contributed by atoms with E-state index in [9.17, 15) is 9.65 Å². The lowest BCUT2D eigenvalue weighted by molar-refractivity contribution is 0.107. The normalized spacial score (nSPS) is 23.4. The Hall–Kier alpha value is -4.32. The molecule has 2 saturated heterocycles. The first-order valence-electron chi connectivity index (χ1n) is 16.3. The molecule has 10 nitrogen and oxygen atoms in total. The first kappa shape index (κ1) is 30.7. The predicted octanol–water partition coefficient (Wildman–Crippen LogP) is 6.61. The minimum Gasteiger partial charge on any atom is -0.491 e. The van der Waals surface area contributed by atoms with Crippen molar-refractivity contribution >= 4 is 54.7 Å². The Balaban J connectivity index is 1.28. The Labute approximate surface area is 287 Å². The number of aromatic nitrogens is 4. The average Bonchev–Trinajstić information content (AvgIpc) is 3.82. The molecule has 2 fully saturated rings. The van der Waals surface area contributed by atoms with E-state index in [2.05, 4.69) is 19.9 Å². The molecule has 1 unspecified atom stereocenters. The molecule has 3 atom stereocenters. The highest BCUT2D eigenvalue weighted by atomic mass is 35.5. The number of ether oxygens (including phenoxy) is 2. The van der Waals surface area contributed by atoms with Crippen LogP contribution in [-0.2, 0) is 13.1 Å². The van der Waals surface area contributed by atoms with Crippen LogP contribution in [0.5, 0.6) is 11.8 Å². The summed E-state index contributed by atoms with van der Waals surface area (Å²) >= 11 is 8.02. The molecule has 0 aliphatic carbocycles. The lowest BCUT2D eigenvalue weighted by Crippen LogP contribution is -2.43. The lowest BCUT2D eigenvalue weighted by atomic mass is 9.95. The second-order valence-corrected chi connectivity index (χ2v) is 14.7. The fourth-order valence-electron chi connectivity index (χ4n) is 8.31. The van der Waals surface area contributed by atoms with Gasteiger partial charge in [-0.05, 0) is 43.5 Å². The van der Waals surface area contributed by atoms with E-state index in [0.717, 1.165) is 42.8 Å². The first-order valence-corrected chi connectivity index (χ1v) is 17.5. The van der Waals surface area contributed by atoms with E-state index in [1.54, 1.807) is 6.20 Å². The van der Waals surface area contributed by atoms with Crippen LogP contribution in [0.15, 0.2) is 24.4 Å². The molecule has 2 aromatic carbocycles. The van der Waals surface area contributed by atoms with Crippen molar-refractivity contribution < 1.29 is 22.6 Å². The summed E-state index contributed by atoms with van der Waals surface area (Å²) in [6.45, 7) is 2.71. The maximum atomic E-state index is 17.3. The van der Waals surface area contributed by atoms with E-state index in [4.69, 9.17) is 31.8 Å². The van der Waals surface area contributed by atoms with Crippen molar-refractivity contribution in [2.45, 2.75) is 62.9 Å². The number of nitriles is 1. The number of fused-ring (bicyclic) bond motifs is 5. The van der Waals surface area contributed by atoms with Crippen molar-refractivity contribution in [1.29, 1.82) is 5.26 Å². The molecule has 252 valence electrons. The number of hydrogen-bond acceptors (Lipinski definition) is 10. The number of halogens is 4. The van der Waals surface area contributed by atoms with Gasteiger partial charge >= 0.3 is 6.01 Å². The van der Waals surface area contributed by atoms with Gasteiger partial charge in [-0.1, -0.05) is 17.7 Å². The molecule has 0 spiro atoms. The van der Waals surface area contributed by atoms with Crippen molar-refractivity contribution in [1.82, 2.24) is 24.6 Å². The molecule has 3 aromatic heterocycles. The molecule has 4 aliphatic heterocycles. The number of rotatable bonds is 4. The minimum absolute atomic E-state index is 0.0305. The van der Waals surface area contributed by atoms with Crippen molar-refractivity contribution in [2.75, 3.05) is 36.9 Å². The number of hydrogen-bond donors (Lipinski definition) is 1. The highest BCUT2D eigenvalue weighted by Gasteiger charge is 2.49. The molecule has 2 N–H and O–H groups in total. The number of nitrogens with zero attached hydrogens (tertiary/aromatic N) is 7. The molecule has 9 rings (SSSR count). The summed E-state index contributed by atoms with van der Waals surface area (Å²) in [4.78, 5) is 13.8. The Morgan fingerprint density at radius 2 is 2.06 bits per heavy atom. The standard InChI is InChI=1S/C34H30ClF3N8O2S/c35-26-24(20-2-3-22(37)30-23(20)21(13-39)31(40)49-30)27(38)28-25-29(26)47-11-6-18-5-10-46-19(4-8-41-46)15-45(18)32(25)43-33(42-28)48-16-34-7-1-9-44(34)14-17(36)12-34/h2-4,8,17-18H,1,5-7,9-12,14-16,40H2/t17-,18?,34+/m1/s1. The molecular formula is C34H30ClF3N8O2S. The number of thiophene rings is 1. The smallest absolute Gasteiger partial charge is 0.319 e. The highest BCUT2D eigenvalue weighted by molar-refractivity contribution is 7.23. The molecule has 0 saturated carbocycles.